The zero-order valence-electron chi connectivity index (χ0n) is 15.1. The Balaban J connectivity index is 2.18. The van der Waals surface area contributed by atoms with Gasteiger partial charge in [0.25, 0.3) is 5.69 Å². The number of hydrogen-bond acceptors (Lipinski definition) is 5. The van der Waals surface area contributed by atoms with Gasteiger partial charge in [-0.3, -0.25) is 15.1 Å². The van der Waals surface area contributed by atoms with Crippen molar-refractivity contribution in [2.24, 2.45) is 4.99 Å². The highest BCUT2D eigenvalue weighted by Crippen LogP contribution is 2.22. The highest BCUT2D eigenvalue weighted by Gasteiger charge is 2.11. The molecule has 140 valence electrons. The van der Waals surface area contributed by atoms with Crippen molar-refractivity contribution in [3.8, 4) is 0 Å². The molecule has 8 heteroatoms. The van der Waals surface area contributed by atoms with Gasteiger partial charge in [-0.1, -0.05) is 25.5 Å². The molecule has 0 aliphatic rings. The second-order valence-corrected chi connectivity index (χ2v) is 5.45. The van der Waals surface area contributed by atoms with Crippen molar-refractivity contribution >= 4 is 17.3 Å². The molecule has 0 saturated heterocycles. The molecule has 0 aromatic heterocycles. The fourth-order valence-corrected chi connectivity index (χ4v) is 2.11. The average molecular weight is 351 g/mol. The van der Waals surface area contributed by atoms with Crippen LogP contribution in [0, 0.1) is 10.1 Å². The lowest BCUT2D eigenvalue weighted by molar-refractivity contribution is -0.384. The molecule has 0 saturated carbocycles. The third-order valence-electron chi connectivity index (χ3n) is 3.46. The summed E-state index contributed by atoms with van der Waals surface area (Å²) in [7, 11) is 1.71. The first kappa shape index (κ1) is 20.7. The SMILES string of the molecule is CCCCOCCCNC(=NC)NCCNc1ccccc1[N+](=O)[O-]. The third-order valence-corrected chi connectivity index (χ3v) is 3.46. The van der Waals surface area contributed by atoms with Crippen LogP contribution >= 0.6 is 0 Å². The number of para-hydroxylation sites is 2. The molecule has 0 heterocycles. The Hall–Kier alpha value is -2.35. The highest BCUT2D eigenvalue weighted by atomic mass is 16.6. The van der Waals surface area contributed by atoms with Gasteiger partial charge in [-0.2, -0.15) is 0 Å². The summed E-state index contributed by atoms with van der Waals surface area (Å²) in [5.74, 6) is 0.706. The summed E-state index contributed by atoms with van der Waals surface area (Å²) in [5, 5.41) is 20.4. The lowest BCUT2D eigenvalue weighted by Gasteiger charge is -2.13. The minimum Gasteiger partial charge on any atom is -0.381 e. The number of guanidine groups is 1. The van der Waals surface area contributed by atoms with Gasteiger partial charge in [-0.15, -0.1) is 0 Å². The minimum atomic E-state index is -0.390. The molecule has 0 spiro atoms. The average Bonchev–Trinajstić information content (AvgIpc) is 2.62. The lowest BCUT2D eigenvalue weighted by Crippen LogP contribution is -2.40. The number of rotatable bonds is 12. The van der Waals surface area contributed by atoms with Crippen LogP contribution in [0.5, 0.6) is 0 Å². The van der Waals surface area contributed by atoms with Gasteiger partial charge in [0, 0.05) is 46.0 Å². The molecule has 25 heavy (non-hydrogen) atoms. The van der Waals surface area contributed by atoms with E-state index >= 15 is 0 Å². The molecule has 1 aromatic rings. The van der Waals surface area contributed by atoms with Gasteiger partial charge in [-0.05, 0) is 18.9 Å². The van der Waals surface area contributed by atoms with Crippen molar-refractivity contribution in [3.05, 3.63) is 34.4 Å². The van der Waals surface area contributed by atoms with Crippen LogP contribution in [0.2, 0.25) is 0 Å². The number of ether oxygens (including phenoxy) is 1. The van der Waals surface area contributed by atoms with Crippen molar-refractivity contribution in [1.82, 2.24) is 10.6 Å². The van der Waals surface area contributed by atoms with Crippen LogP contribution in [-0.2, 0) is 4.74 Å². The molecule has 3 N–H and O–H groups in total. The van der Waals surface area contributed by atoms with Crippen LogP contribution in [0.3, 0.4) is 0 Å². The molecule has 0 amide bonds. The Morgan fingerprint density at radius 2 is 1.88 bits per heavy atom. The van der Waals surface area contributed by atoms with Gasteiger partial charge < -0.3 is 20.7 Å². The van der Waals surface area contributed by atoms with E-state index in [2.05, 4.69) is 27.9 Å². The highest BCUT2D eigenvalue weighted by molar-refractivity contribution is 5.79. The van der Waals surface area contributed by atoms with Crippen molar-refractivity contribution in [2.75, 3.05) is 45.2 Å². The molecule has 1 rings (SSSR count). The fraction of sp³-hybridized carbons (Fsp3) is 0.588. The van der Waals surface area contributed by atoms with Crippen molar-refractivity contribution in [3.63, 3.8) is 0 Å². The number of nitro benzene ring substituents is 1. The zero-order valence-corrected chi connectivity index (χ0v) is 15.1. The Morgan fingerprint density at radius 1 is 1.16 bits per heavy atom. The van der Waals surface area contributed by atoms with E-state index < -0.39 is 4.92 Å². The van der Waals surface area contributed by atoms with E-state index in [-0.39, 0.29) is 5.69 Å². The van der Waals surface area contributed by atoms with E-state index in [0.717, 1.165) is 39.0 Å². The van der Waals surface area contributed by atoms with E-state index in [1.807, 2.05) is 0 Å². The second-order valence-electron chi connectivity index (χ2n) is 5.45. The number of unbranched alkanes of at least 4 members (excludes halogenated alkanes) is 1. The molecule has 0 fully saturated rings. The van der Waals surface area contributed by atoms with Crippen molar-refractivity contribution in [2.45, 2.75) is 26.2 Å². The van der Waals surface area contributed by atoms with E-state index in [1.165, 1.54) is 6.07 Å². The minimum absolute atomic E-state index is 0.0769. The van der Waals surface area contributed by atoms with E-state index in [1.54, 1.807) is 25.2 Å². The van der Waals surface area contributed by atoms with E-state index in [4.69, 9.17) is 4.74 Å². The van der Waals surface area contributed by atoms with Crippen molar-refractivity contribution < 1.29 is 9.66 Å². The van der Waals surface area contributed by atoms with Crippen LogP contribution in [0.15, 0.2) is 29.3 Å². The Bertz CT molecular complexity index is 537. The molecule has 8 nitrogen and oxygen atoms in total. The molecular weight excluding hydrogens is 322 g/mol. The maximum atomic E-state index is 10.9. The van der Waals surface area contributed by atoms with Gasteiger partial charge in [0.15, 0.2) is 5.96 Å². The standard InChI is InChI=1S/C17H29N5O3/c1-3-4-13-25-14-7-10-20-17(18-2)21-12-11-19-15-8-5-6-9-16(15)22(23)24/h5-6,8-9,19H,3-4,7,10-14H2,1-2H3,(H2,18,20,21). The van der Waals surface area contributed by atoms with Gasteiger partial charge in [0.05, 0.1) is 4.92 Å². The summed E-state index contributed by atoms with van der Waals surface area (Å²) in [6, 6.07) is 6.60. The molecule has 0 aliphatic heterocycles. The molecule has 0 unspecified atom stereocenters. The van der Waals surface area contributed by atoms with Gasteiger partial charge in [0.2, 0.25) is 0 Å². The number of nitrogens with zero attached hydrogens (tertiary/aromatic N) is 2. The molecule has 0 aliphatic carbocycles. The molecule has 0 bridgehead atoms. The molecular formula is C17H29N5O3. The Morgan fingerprint density at radius 3 is 2.60 bits per heavy atom. The smallest absolute Gasteiger partial charge is 0.292 e. The maximum absolute atomic E-state index is 10.9. The summed E-state index contributed by atoms with van der Waals surface area (Å²) in [5.41, 5.74) is 0.592. The lowest BCUT2D eigenvalue weighted by atomic mass is 10.2. The topological polar surface area (TPSA) is 101 Å². The first-order valence-electron chi connectivity index (χ1n) is 8.68. The van der Waals surface area contributed by atoms with Crippen LogP contribution in [0.25, 0.3) is 0 Å². The summed E-state index contributed by atoms with van der Waals surface area (Å²) in [6.07, 6.45) is 3.16. The number of benzene rings is 1. The fourth-order valence-electron chi connectivity index (χ4n) is 2.11. The van der Waals surface area contributed by atoms with Crippen LogP contribution in [0.4, 0.5) is 11.4 Å². The molecule has 0 radical (unpaired) electrons. The monoisotopic (exact) mass is 351 g/mol. The molecule has 0 atom stereocenters. The predicted molar refractivity (Wildman–Crippen MR) is 101 cm³/mol. The Labute approximate surface area is 149 Å². The summed E-state index contributed by atoms with van der Waals surface area (Å²) in [6.45, 7) is 5.63. The van der Waals surface area contributed by atoms with Gasteiger partial charge in [-0.25, -0.2) is 0 Å². The maximum Gasteiger partial charge on any atom is 0.292 e. The van der Waals surface area contributed by atoms with Gasteiger partial charge >= 0.3 is 0 Å². The van der Waals surface area contributed by atoms with E-state index in [9.17, 15) is 10.1 Å². The number of anilines is 1. The molecule has 1 aromatic carbocycles. The Kier molecular flexibility index (Phi) is 10.8. The summed E-state index contributed by atoms with van der Waals surface area (Å²) >= 11 is 0. The number of aliphatic imine (C=N–C) groups is 1. The number of nitrogens with one attached hydrogen (secondary N) is 3. The largest absolute Gasteiger partial charge is 0.381 e. The van der Waals surface area contributed by atoms with Crippen LogP contribution in [0.1, 0.15) is 26.2 Å². The predicted octanol–water partition coefficient (Wildman–Crippen LogP) is 2.38. The zero-order chi connectivity index (χ0) is 18.3. The third kappa shape index (κ3) is 8.90. The normalized spacial score (nSPS) is 11.2. The summed E-state index contributed by atoms with van der Waals surface area (Å²) in [4.78, 5) is 14.7. The quantitative estimate of drug-likeness (QED) is 0.176. The number of hydrogen-bond donors (Lipinski definition) is 3. The first-order valence-corrected chi connectivity index (χ1v) is 8.68. The van der Waals surface area contributed by atoms with Crippen LogP contribution < -0.4 is 16.0 Å². The number of nitro groups is 1. The first-order chi connectivity index (χ1) is 12.2. The van der Waals surface area contributed by atoms with Gasteiger partial charge in [0.1, 0.15) is 5.69 Å². The van der Waals surface area contributed by atoms with Crippen molar-refractivity contribution in [1.29, 1.82) is 0 Å². The second kappa shape index (κ2) is 13.0. The van der Waals surface area contributed by atoms with Crippen LogP contribution in [-0.4, -0.2) is 50.8 Å². The van der Waals surface area contributed by atoms with E-state index in [0.29, 0.717) is 24.7 Å². The summed E-state index contributed by atoms with van der Waals surface area (Å²) < 4.78 is 5.50.